The normalized spacial score (nSPS) is 12.2. The van der Waals surface area contributed by atoms with E-state index in [-0.39, 0.29) is 34.1 Å². The smallest absolute Gasteiger partial charge is 0.244 e. The van der Waals surface area contributed by atoms with Crippen molar-refractivity contribution in [1.82, 2.24) is 10.2 Å². The molecule has 1 N–H and O–H groups in total. The largest absolute Gasteiger partial charge is 0.497 e. The Balaban J connectivity index is 2.43. The highest BCUT2D eigenvalue weighted by molar-refractivity contribution is 7.92. The van der Waals surface area contributed by atoms with Crippen molar-refractivity contribution in [2.75, 3.05) is 30.8 Å². The van der Waals surface area contributed by atoms with E-state index in [1.807, 2.05) is 13.8 Å². The average Bonchev–Trinajstić information content (AvgIpc) is 2.79. The van der Waals surface area contributed by atoms with E-state index < -0.39 is 28.5 Å². The number of hydrogen-bond acceptors (Lipinski definition) is 5. The minimum absolute atomic E-state index is 0.0627. The lowest BCUT2D eigenvalue weighted by atomic mass is 10.1. The van der Waals surface area contributed by atoms with Gasteiger partial charge in [-0.3, -0.25) is 13.9 Å². The van der Waals surface area contributed by atoms with Crippen LogP contribution in [0.1, 0.15) is 26.3 Å². The molecule has 11 heteroatoms. The monoisotopic (exact) mass is 543 g/mol. The van der Waals surface area contributed by atoms with E-state index in [0.29, 0.717) is 17.9 Å². The number of rotatable bonds is 11. The molecule has 8 nitrogen and oxygen atoms in total. The second-order valence-corrected chi connectivity index (χ2v) is 11.3. The molecule has 1 unspecified atom stereocenters. The van der Waals surface area contributed by atoms with Crippen molar-refractivity contribution < 1.29 is 22.7 Å². The summed E-state index contributed by atoms with van der Waals surface area (Å²) in [6.07, 6.45) is 0.975. The van der Waals surface area contributed by atoms with Crippen molar-refractivity contribution >= 4 is 50.7 Å². The van der Waals surface area contributed by atoms with Crippen molar-refractivity contribution in [3.63, 3.8) is 0 Å². The Kier molecular flexibility index (Phi) is 10.2. The van der Waals surface area contributed by atoms with Gasteiger partial charge in [0, 0.05) is 18.1 Å². The van der Waals surface area contributed by atoms with E-state index in [2.05, 4.69) is 5.32 Å². The molecule has 0 fully saturated rings. The molecule has 0 aliphatic rings. The van der Waals surface area contributed by atoms with Crippen LogP contribution in [0.15, 0.2) is 42.5 Å². The Morgan fingerprint density at radius 3 is 2.37 bits per heavy atom. The SMILES string of the molecule is COc1cccc(CN(C(=O)CN(c2cc(Cl)ccc2Cl)S(C)(=O)=O)C(C)C(=O)NCC(C)C)c1. The van der Waals surface area contributed by atoms with Gasteiger partial charge in [0.25, 0.3) is 0 Å². The molecule has 0 saturated carbocycles. The zero-order chi connectivity index (χ0) is 26.3. The molecule has 2 aromatic carbocycles. The van der Waals surface area contributed by atoms with Crippen LogP contribution in [0.4, 0.5) is 5.69 Å². The van der Waals surface area contributed by atoms with Crippen molar-refractivity contribution in [3.05, 3.63) is 58.1 Å². The Morgan fingerprint density at radius 1 is 1.09 bits per heavy atom. The topological polar surface area (TPSA) is 96.0 Å². The predicted octanol–water partition coefficient (Wildman–Crippen LogP) is 3.96. The fourth-order valence-electron chi connectivity index (χ4n) is 3.27. The van der Waals surface area contributed by atoms with Crippen LogP contribution in [0.2, 0.25) is 10.0 Å². The van der Waals surface area contributed by atoms with Gasteiger partial charge in [0.15, 0.2) is 0 Å². The highest BCUT2D eigenvalue weighted by Crippen LogP contribution is 2.31. The molecular formula is C24H31Cl2N3O5S. The number of ether oxygens (including phenoxy) is 1. The average molecular weight is 545 g/mol. The molecule has 0 aromatic heterocycles. The third-order valence-corrected chi connectivity index (χ3v) is 6.88. The first-order valence-corrected chi connectivity index (χ1v) is 13.6. The van der Waals surface area contributed by atoms with Crippen LogP contribution in [0.3, 0.4) is 0 Å². The summed E-state index contributed by atoms with van der Waals surface area (Å²) < 4.78 is 31.4. The zero-order valence-electron chi connectivity index (χ0n) is 20.4. The van der Waals surface area contributed by atoms with Crippen LogP contribution in [-0.4, -0.2) is 57.6 Å². The van der Waals surface area contributed by atoms with Crippen molar-refractivity contribution in [2.24, 2.45) is 5.92 Å². The number of anilines is 1. The standard InChI is InChI=1S/C24H31Cl2N3O5S/c1-16(2)13-27-24(31)17(3)28(14-18-7-6-8-20(11-18)34-4)23(30)15-29(35(5,32)33)22-12-19(25)9-10-21(22)26/h6-12,16-17H,13-15H2,1-5H3,(H,27,31). The summed E-state index contributed by atoms with van der Waals surface area (Å²) in [4.78, 5) is 27.7. The number of carbonyl (C=O) groups is 2. The number of carbonyl (C=O) groups excluding carboxylic acids is 2. The fourth-order valence-corrected chi connectivity index (χ4v) is 4.56. The summed E-state index contributed by atoms with van der Waals surface area (Å²) in [6, 6.07) is 10.6. The van der Waals surface area contributed by atoms with Crippen molar-refractivity contribution in [2.45, 2.75) is 33.4 Å². The molecule has 2 aromatic rings. The molecule has 35 heavy (non-hydrogen) atoms. The third-order valence-electron chi connectivity index (χ3n) is 5.19. The van der Waals surface area contributed by atoms with Crippen molar-refractivity contribution in [1.29, 1.82) is 0 Å². The molecule has 0 heterocycles. The minimum atomic E-state index is -3.91. The van der Waals surface area contributed by atoms with Crippen LogP contribution < -0.4 is 14.4 Å². The number of methoxy groups -OCH3 is 1. The summed E-state index contributed by atoms with van der Waals surface area (Å²) in [7, 11) is -2.38. The first-order chi connectivity index (χ1) is 16.3. The van der Waals surface area contributed by atoms with Crippen LogP contribution >= 0.6 is 23.2 Å². The summed E-state index contributed by atoms with van der Waals surface area (Å²) in [5, 5.41) is 3.21. The van der Waals surface area contributed by atoms with Crippen LogP contribution in [0.25, 0.3) is 0 Å². The van der Waals surface area contributed by atoms with Crippen LogP contribution in [0.5, 0.6) is 5.75 Å². The Bertz CT molecular complexity index is 1160. The van der Waals surface area contributed by atoms with Crippen LogP contribution in [0, 0.1) is 5.92 Å². The van der Waals surface area contributed by atoms with Gasteiger partial charge in [-0.25, -0.2) is 8.42 Å². The lowest BCUT2D eigenvalue weighted by molar-refractivity contribution is -0.139. The van der Waals surface area contributed by atoms with Gasteiger partial charge in [0.05, 0.1) is 24.1 Å². The van der Waals surface area contributed by atoms with Gasteiger partial charge < -0.3 is 15.0 Å². The van der Waals surface area contributed by atoms with E-state index in [1.165, 1.54) is 30.2 Å². The number of hydrogen-bond donors (Lipinski definition) is 1. The van der Waals surface area contributed by atoms with Gasteiger partial charge >= 0.3 is 0 Å². The Hall–Kier alpha value is -2.49. The molecule has 2 amide bonds. The predicted molar refractivity (Wildman–Crippen MR) is 140 cm³/mol. The maximum absolute atomic E-state index is 13.5. The maximum atomic E-state index is 13.5. The molecule has 0 aliphatic heterocycles. The van der Waals surface area contributed by atoms with Gasteiger partial charge in [0.1, 0.15) is 18.3 Å². The zero-order valence-corrected chi connectivity index (χ0v) is 22.7. The minimum Gasteiger partial charge on any atom is -0.497 e. The molecule has 0 saturated heterocycles. The second kappa shape index (κ2) is 12.5. The number of nitrogens with zero attached hydrogens (tertiary/aromatic N) is 2. The highest BCUT2D eigenvalue weighted by Gasteiger charge is 2.31. The Labute approximate surface area is 217 Å². The van der Waals surface area contributed by atoms with Crippen LogP contribution in [-0.2, 0) is 26.2 Å². The van der Waals surface area contributed by atoms with Gasteiger partial charge in [-0.1, -0.05) is 49.2 Å². The molecule has 2 rings (SSSR count). The molecule has 0 spiro atoms. The first-order valence-electron chi connectivity index (χ1n) is 11.0. The van der Waals surface area contributed by atoms with Gasteiger partial charge in [-0.2, -0.15) is 0 Å². The summed E-state index contributed by atoms with van der Waals surface area (Å²) in [5.41, 5.74) is 0.793. The molecule has 0 aliphatic carbocycles. The maximum Gasteiger partial charge on any atom is 0.244 e. The quantitative estimate of drug-likeness (QED) is 0.462. The first kappa shape index (κ1) is 28.7. The van der Waals surface area contributed by atoms with E-state index in [0.717, 1.165) is 10.6 Å². The summed E-state index contributed by atoms with van der Waals surface area (Å²) >= 11 is 12.3. The van der Waals surface area contributed by atoms with E-state index in [1.54, 1.807) is 31.2 Å². The number of amides is 2. The molecule has 0 bridgehead atoms. The highest BCUT2D eigenvalue weighted by atomic mass is 35.5. The van der Waals surface area contributed by atoms with Gasteiger partial charge in [0.2, 0.25) is 21.8 Å². The third kappa shape index (κ3) is 8.30. The van der Waals surface area contributed by atoms with E-state index in [9.17, 15) is 18.0 Å². The Morgan fingerprint density at radius 2 is 1.77 bits per heavy atom. The lowest BCUT2D eigenvalue weighted by Crippen LogP contribution is -2.51. The second-order valence-electron chi connectivity index (χ2n) is 8.55. The summed E-state index contributed by atoms with van der Waals surface area (Å²) in [6.45, 7) is 5.46. The lowest BCUT2D eigenvalue weighted by Gasteiger charge is -2.32. The van der Waals surface area contributed by atoms with Crippen molar-refractivity contribution in [3.8, 4) is 5.75 Å². The van der Waals surface area contributed by atoms with E-state index in [4.69, 9.17) is 27.9 Å². The molecule has 192 valence electrons. The number of nitrogens with one attached hydrogen (secondary N) is 1. The fraction of sp³-hybridized carbons (Fsp3) is 0.417. The number of halogens is 2. The molecule has 0 radical (unpaired) electrons. The van der Waals surface area contributed by atoms with Gasteiger partial charge in [-0.15, -0.1) is 0 Å². The molecular weight excluding hydrogens is 513 g/mol. The molecule has 1 atom stereocenters. The van der Waals surface area contributed by atoms with Gasteiger partial charge in [-0.05, 0) is 48.7 Å². The summed E-state index contributed by atoms with van der Waals surface area (Å²) in [5.74, 6) is -0.113. The van der Waals surface area contributed by atoms with E-state index >= 15 is 0 Å². The number of benzene rings is 2. The number of sulfonamides is 1.